The van der Waals surface area contributed by atoms with Crippen LogP contribution in [0, 0.1) is 0 Å². The van der Waals surface area contributed by atoms with Crippen molar-refractivity contribution in [3.05, 3.63) is 35.9 Å². The number of hydrogen-bond donors (Lipinski definition) is 2. The quantitative estimate of drug-likeness (QED) is 0.621. The summed E-state index contributed by atoms with van der Waals surface area (Å²) in [5, 5.41) is 0. The molecule has 3 nitrogen and oxygen atoms in total. The first-order chi connectivity index (χ1) is 8.80. The van der Waals surface area contributed by atoms with Crippen LogP contribution in [0.25, 0.3) is 0 Å². The Bertz CT molecular complexity index is 347. The number of methoxy groups -OCH3 is 1. The van der Waals surface area contributed by atoms with Crippen molar-refractivity contribution in [2.45, 2.75) is 50.2 Å². The van der Waals surface area contributed by atoms with E-state index in [-0.39, 0.29) is 11.6 Å². The molecule has 1 fully saturated rings. The van der Waals surface area contributed by atoms with Crippen LogP contribution < -0.4 is 11.3 Å². The van der Waals surface area contributed by atoms with Crippen LogP contribution in [0.4, 0.5) is 0 Å². The molecule has 0 aliphatic heterocycles. The van der Waals surface area contributed by atoms with Gasteiger partial charge in [0.2, 0.25) is 0 Å². The van der Waals surface area contributed by atoms with Gasteiger partial charge in [-0.05, 0) is 24.8 Å². The highest BCUT2D eigenvalue weighted by atomic mass is 16.5. The third-order valence-corrected chi connectivity index (χ3v) is 4.23. The van der Waals surface area contributed by atoms with E-state index < -0.39 is 0 Å². The molecule has 0 amide bonds. The molecule has 0 radical (unpaired) electrons. The zero-order valence-electron chi connectivity index (χ0n) is 11.2. The fourth-order valence-corrected chi connectivity index (χ4v) is 3.09. The van der Waals surface area contributed by atoms with Crippen LogP contribution in [0.2, 0.25) is 0 Å². The lowest BCUT2D eigenvalue weighted by Gasteiger charge is -2.42. The van der Waals surface area contributed by atoms with Crippen LogP contribution in [-0.2, 0) is 11.2 Å². The van der Waals surface area contributed by atoms with E-state index in [2.05, 4.69) is 29.7 Å². The molecule has 100 valence electrons. The summed E-state index contributed by atoms with van der Waals surface area (Å²) < 4.78 is 5.86. The molecule has 1 saturated carbocycles. The summed E-state index contributed by atoms with van der Waals surface area (Å²) >= 11 is 0. The third-order valence-electron chi connectivity index (χ3n) is 4.23. The second-order valence-corrected chi connectivity index (χ2v) is 5.24. The smallest absolute Gasteiger partial charge is 0.0847 e. The maximum atomic E-state index is 5.86. The highest BCUT2D eigenvalue weighted by Crippen LogP contribution is 2.35. The molecule has 1 unspecified atom stereocenters. The number of hydrogen-bond acceptors (Lipinski definition) is 3. The van der Waals surface area contributed by atoms with Gasteiger partial charge in [-0.2, -0.15) is 0 Å². The van der Waals surface area contributed by atoms with Crippen LogP contribution in [0.5, 0.6) is 0 Å². The standard InChI is InChI=1S/C15H24N2O/c1-18-15(10-6-3-7-11-15)14(17-16)12-13-8-4-2-5-9-13/h2,4-5,8-9,14,17H,3,6-7,10-12,16H2,1H3. The van der Waals surface area contributed by atoms with Gasteiger partial charge in [0.15, 0.2) is 0 Å². The predicted octanol–water partition coefficient (Wildman–Crippen LogP) is 2.41. The number of hydrazine groups is 1. The van der Waals surface area contributed by atoms with Gasteiger partial charge in [-0.3, -0.25) is 11.3 Å². The molecule has 3 N–H and O–H groups in total. The Kier molecular flexibility index (Phi) is 4.75. The van der Waals surface area contributed by atoms with Gasteiger partial charge in [-0.25, -0.2) is 0 Å². The summed E-state index contributed by atoms with van der Waals surface area (Å²) in [6.07, 6.45) is 6.91. The Morgan fingerprint density at radius 3 is 2.44 bits per heavy atom. The zero-order chi connectivity index (χ0) is 12.8. The van der Waals surface area contributed by atoms with Crippen molar-refractivity contribution in [2.75, 3.05) is 7.11 Å². The van der Waals surface area contributed by atoms with Crippen molar-refractivity contribution < 1.29 is 4.74 Å². The number of benzene rings is 1. The minimum atomic E-state index is -0.0944. The van der Waals surface area contributed by atoms with Gasteiger partial charge in [-0.15, -0.1) is 0 Å². The summed E-state index contributed by atoms with van der Waals surface area (Å²) in [6.45, 7) is 0. The number of rotatable bonds is 5. The maximum Gasteiger partial charge on any atom is 0.0847 e. The van der Waals surface area contributed by atoms with Crippen molar-refractivity contribution in [1.29, 1.82) is 0 Å². The molecule has 1 atom stereocenters. The summed E-state index contributed by atoms with van der Waals surface area (Å²) in [6, 6.07) is 10.7. The normalized spacial score (nSPS) is 20.6. The van der Waals surface area contributed by atoms with Gasteiger partial charge in [0.1, 0.15) is 0 Å². The molecule has 0 saturated heterocycles. The molecule has 3 heteroatoms. The van der Waals surface area contributed by atoms with Gasteiger partial charge in [0.25, 0.3) is 0 Å². The number of nitrogens with one attached hydrogen (secondary N) is 1. The average Bonchev–Trinajstić information content (AvgIpc) is 2.46. The first kappa shape index (κ1) is 13.5. The van der Waals surface area contributed by atoms with Crippen molar-refractivity contribution in [3.63, 3.8) is 0 Å². The Morgan fingerprint density at radius 2 is 1.89 bits per heavy atom. The van der Waals surface area contributed by atoms with E-state index in [0.717, 1.165) is 19.3 Å². The number of ether oxygens (including phenoxy) is 1. The van der Waals surface area contributed by atoms with Crippen LogP contribution in [-0.4, -0.2) is 18.8 Å². The minimum Gasteiger partial charge on any atom is -0.377 e. The lowest BCUT2D eigenvalue weighted by atomic mass is 9.77. The third kappa shape index (κ3) is 2.91. The summed E-state index contributed by atoms with van der Waals surface area (Å²) in [5.41, 5.74) is 4.20. The highest BCUT2D eigenvalue weighted by Gasteiger charge is 2.39. The Balaban J connectivity index is 2.11. The van der Waals surface area contributed by atoms with Crippen LogP contribution in [0.15, 0.2) is 30.3 Å². The van der Waals surface area contributed by atoms with Crippen molar-refractivity contribution >= 4 is 0 Å². The second-order valence-electron chi connectivity index (χ2n) is 5.24. The molecule has 1 aliphatic carbocycles. The Morgan fingerprint density at radius 1 is 1.22 bits per heavy atom. The summed E-state index contributed by atoms with van der Waals surface area (Å²) in [4.78, 5) is 0. The molecular formula is C15H24N2O. The minimum absolute atomic E-state index is 0.0944. The van der Waals surface area contributed by atoms with Gasteiger partial charge in [0.05, 0.1) is 11.6 Å². The van der Waals surface area contributed by atoms with E-state index in [4.69, 9.17) is 10.6 Å². The van der Waals surface area contributed by atoms with Crippen molar-refractivity contribution in [1.82, 2.24) is 5.43 Å². The van der Waals surface area contributed by atoms with Crippen molar-refractivity contribution in [2.24, 2.45) is 5.84 Å². The zero-order valence-corrected chi connectivity index (χ0v) is 11.2. The predicted molar refractivity (Wildman–Crippen MR) is 74.1 cm³/mol. The molecule has 0 heterocycles. The molecule has 1 aliphatic rings. The summed E-state index contributed by atoms with van der Waals surface area (Å²) in [5.74, 6) is 5.78. The average molecular weight is 248 g/mol. The fourth-order valence-electron chi connectivity index (χ4n) is 3.09. The van der Waals surface area contributed by atoms with E-state index >= 15 is 0 Å². The summed E-state index contributed by atoms with van der Waals surface area (Å²) in [7, 11) is 1.82. The lowest BCUT2D eigenvalue weighted by Crippen LogP contribution is -2.56. The first-order valence-corrected chi connectivity index (χ1v) is 6.86. The maximum absolute atomic E-state index is 5.86. The molecule has 18 heavy (non-hydrogen) atoms. The molecule has 0 bridgehead atoms. The second kappa shape index (κ2) is 6.32. The molecule has 0 aromatic heterocycles. The van der Waals surface area contributed by atoms with Crippen molar-refractivity contribution in [3.8, 4) is 0 Å². The molecule has 1 aromatic rings. The highest BCUT2D eigenvalue weighted by molar-refractivity contribution is 5.17. The Hall–Kier alpha value is -0.900. The Labute approximate surface area is 110 Å². The molecule has 1 aromatic carbocycles. The van der Waals surface area contributed by atoms with Crippen LogP contribution in [0.1, 0.15) is 37.7 Å². The van der Waals surface area contributed by atoms with Gasteiger partial charge < -0.3 is 4.74 Å². The lowest BCUT2D eigenvalue weighted by molar-refractivity contribution is -0.0673. The first-order valence-electron chi connectivity index (χ1n) is 6.86. The van der Waals surface area contributed by atoms with Crippen LogP contribution >= 0.6 is 0 Å². The van der Waals surface area contributed by atoms with E-state index in [1.165, 1.54) is 24.8 Å². The number of nitrogens with two attached hydrogens (primary N) is 1. The SMILES string of the molecule is COC1(C(Cc2ccccc2)NN)CCCCC1. The molecule has 0 spiro atoms. The van der Waals surface area contributed by atoms with Crippen LogP contribution in [0.3, 0.4) is 0 Å². The van der Waals surface area contributed by atoms with E-state index in [0.29, 0.717) is 0 Å². The molecule has 2 rings (SSSR count). The fraction of sp³-hybridized carbons (Fsp3) is 0.600. The van der Waals surface area contributed by atoms with Gasteiger partial charge >= 0.3 is 0 Å². The largest absolute Gasteiger partial charge is 0.377 e. The van der Waals surface area contributed by atoms with E-state index in [1.807, 2.05) is 13.2 Å². The van der Waals surface area contributed by atoms with E-state index in [1.54, 1.807) is 0 Å². The van der Waals surface area contributed by atoms with E-state index in [9.17, 15) is 0 Å². The topological polar surface area (TPSA) is 47.3 Å². The molecular weight excluding hydrogens is 224 g/mol. The van der Waals surface area contributed by atoms with Gasteiger partial charge in [0, 0.05) is 7.11 Å². The van der Waals surface area contributed by atoms with Gasteiger partial charge in [-0.1, -0.05) is 49.6 Å². The monoisotopic (exact) mass is 248 g/mol.